The van der Waals surface area contributed by atoms with Gasteiger partial charge >= 0.3 is 179 Å². The van der Waals surface area contributed by atoms with Crippen molar-refractivity contribution in [3.63, 3.8) is 0 Å². The molecular formula is C50H62O2S2Se2Te2. The molecule has 310 valence electrons. The molecule has 0 aliphatic heterocycles. The average molecular weight is 1170 g/mol. The van der Waals surface area contributed by atoms with Crippen molar-refractivity contribution in [2.45, 2.75) is 138 Å². The third-order valence-corrected chi connectivity index (χ3v) is 29.8. The maximum Gasteiger partial charge on any atom is 0.176 e. The van der Waals surface area contributed by atoms with E-state index in [9.17, 15) is 0 Å². The minimum atomic E-state index is 0.0832. The summed E-state index contributed by atoms with van der Waals surface area (Å²) in [6, 6.07) is 4.48. The van der Waals surface area contributed by atoms with E-state index in [1.54, 1.807) is 46.8 Å². The molecule has 58 heavy (non-hydrogen) atoms. The van der Waals surface area contributed by atoms with Gasteiger partial charge in [-0.05, 0) is 116 Å². The summed E-state index contributed by atoms with van der Waals surface area (Å²) in [6.45, 7) is 44.0. The number of benzene rings is 1. The van der Waals surface area contributed by atoms with E-state index in [4.69, 9.17) is 8.83 Å². The average Bonchev–Trinajstić information content (AvgIpc) is 4.03. The quantitative estimate of drug-likeness (QED) is 0.141. The first-order chi connectivity index (χ1) is 27.0. The second-order valence-corrected chi connectivity index (χ2v) is 30.5. The van der Waals surface area contributed by atoms with Gasteiger partial charge in [-0.1, -0.05) is 12.1 Å². The Balaban J connectivity index is 0.000000138. The second kappa shape index (κ2) is 19.4. The SMILES string of the molecule is Cc1[se]c2c(C)c(C)[se]c2c1C.Cc1[te]c2c(C)c(C)[te]c2c1C.Cc1cc(C)c(C)cc1C.Cc1oc2c(C)c(C)oc2c1C.Cc1sc2c(C)c(C)sc2c1C. The van der Waals surface area contributed by atoms with E-state index in [0.29, 0.717) is 29.0 Å². The fourth-order valence-corrected chi connectivity index (χ4v) is 24.6. The summed E-state index contributed by atoms with van der Waals surface area (Å²) >= 11 is 5.38. The van der Waals surface area contributed by atoms with Crippen LogP contribution in [0.2, 0.25) is 0 Å². The zero-order valence-corrected chi connectivity index (χ0v) is 48.1. The molecule has 9 aromatic rings. The number of hydrogen-bond donors (Lipinski definition) is 0. The first-order valence-electron chi connectivity index (χ1n) is 19.9. The van der Waals surface area contributed by atoms with Gasteiger partial charge in [0.15, 0.2) is 11.2 Å². The number of hydrogen-bond acceptors (Lipinski definition) is 4. The van der Waals surface area contributed by atoms with Gasteiger partial charge in [0.05, 0.1) is 0 Å². The Labute approximate surface area is 387 Å². The number of thiophene rings is 2. The zero-order chi connectivity index (χ0) is 43.2. The van der Waals surface area contributed by atoms with Gasteiger partial charge in [-0.15, -0.1) is 22.7 Å². The minimum Gasteiger partial charge on any atom is -0.457 e. The molecule has 0 aliphatic carbocycles. The van der Waals surface area contributed by atoms with Gasteiger partial charge in [-0.3, -0.25) is 0 Å². The van der Waals surface area contributed by atoms with Crippen LogP contribution in [0.15, 0.2) is 21.0 Å². The first-order valence-corrected chi connectivity index (χ1v) is 29.6. The van der Waals surface area contributed by atoms with Crippen molar-refractivity contribution < 1.29 is 8.83 Å². The van der Waals surface area contributed by atoms with Gasteiger partial charge in [-0.25, -0.2) is 0 Å². The molecule has 0 saturated carbocycles. The largest absolute Gasteiger partial charge is 0.457 e. The molecule has 8 heterocycles. The van der Waals surface area contributed by atoms with Crippen LogP contribution in [0, 0.1) is 138 Å². The molecule has 2 nitrogen and oxygen atoms in total. The van der Waals surface area contributed by atoms with Gasteiger partial charge in [0.1, 0.15) is 11.5 Å². The summed E-state index contributed by atoms with van der Waals surface area (Å²) in [5.41, 5.74) is 19.1. The van der Waals surface area contributed by atoms with Crippen LogP contribution in [0.3, 0.4) is 0 Å². The van der Waals surface area contributed by atoms with Gasteiger partial charge in [-0.2, -0.15) is 0 Å². The molecule has 0 atom stereocenters. The summed E-state index contributed by atoms with van der Waals surface area (Å²) in [5.74, 6) is 1.90. The fourth-order valence-electron chi connectivity index (χ4n) is 6.57. The number of rotatable bonds is 0. The Hall–Kier alpha value is -1.24. The van der Waals surface area contributed by atoms with Crippen molar-refractivity contribution >= 4 is 128 Å². The Morgan fingerprint density at radius 3 is 1.02 bits per heavy atom. The van der Waals surface area contributed by atoms with Crippen molar-refractivity contribution in [3.05, 3.63) is 116 Å². The fraction of sp³-hybridized carbons (Fsp3) is 0.400. The maximum atomic E-state index is 5.56. The zero-order valence-electron chi connectivity index (χ0n) is 38.4. The third kappa shape index (κ3) is 9.85. The summed E-state index contributed by atoms with van der Waals surface area (Å²) < 4.78 is 28.0. The predicted octanol–water partition coefficient (Wildman–Crippen LogP) is 14.8. The van der Waals surface area contributed by atoms with Crippen LogP contribution in [0.4, 0.5) is 0 Å². The molecule has 1 aromatic carbocycles. The van der Waals surface area contributed by atoms with Gasteiger partial charge in [0.25, 0.3) is 0 Å². The molecule has 0 bridgehead atoms. The molecule has 0 fully saturated rings. The molecule has 0 unspecified atom stereocenters. The minimum absolute atomic E-state index is 0.0832. The number of furan rings is 2. The molecule has 0 N–H and O–H groups in total. The Morgan fingerprint density at radius 2 is 0.707 bits per heavy atom. The monoisotopic (exact) mass is 1180 g/mol. The van der Waals surface area contributed by atoms with Crippen molar-refractivity contribution in [3.8, 4) is 0 Å². The molecule has 0 aliphatic rings. The Bertz CT molecular complexity index is 2340. The van der Waals surface area contributed by atoms with Crippen LogP contribution in [0.25, 0.3) is 35.9 Å². The normalized spacial score (nSPS) is 11.1. The van der Waals surface area contributed by atoms with Crippen molar-refractivity contribution in [2.24, 2.45) is 0 Å². The number of fused-ring (bicyclic) bond motifs is 4. The van der Waals surface area contributed by atoms with Gasteiger partial charge in [0.2, 0.25) is 0 Å². The second-order valence-electron chi connectivity index (χ2n) is 15.9. The summed E-state index contributed by atoms with van der Waals surface area (Å²) in [5, 5.41) is 0. The third-order valence-electron chi connectivity index (χ3n) is 11.9. The summed E-state index contributed by atoms with van der Waals surface area (Å²) in [6.07, 6.45) is 0. The van der Waals surface area contributed by atoms with Crippen LogP contribution in [-0.4, -0.2) is 69.9 Å². The molecule has 0 amide bonds. The summed E-state index contributed by atoms with van der Waals surface area (Å²) in [7, 11) is 0. The molecule has 0 spiro atoms. The smallest absolute Gasteiger partial charge is 0.176 e. The van der Waals surface area contributed by atoms with Crippen LogP contribution < -0.4 is 0 Å². The molecule has 8 heteroatoms. The van der Waals surface area contributed by atoms with Crippen molar-refractivity contribution in [1.29, 1.82) is 0 Å². The van der Waals surface area contributed by atoms with Crippen LogP contribution in [0.5, 0.6) is 0 Å². The maximum absolute atomic E-state index is 5.56. The number of aryl methyl sites for hydroxylation is 20. The van der Waals surface area contributed by atoms with E-state index < -0.39 is 0 Å². The van der Waals surface area contributed by atoms with Crippen molar-refractivity contribution in [2.75, 3.05) is 0 Å². The predicted molar refractivity (Wildman–Crippen MR) is 265 cm³/mol. The standard InChI is InChI=1S/C10H12O2.C10H12S2.C10H12Se2.C10H12Te2.C10H14/c4*1-5-7(3)11-10-6(2)8(4)12-9(5)10;1-7-5-9(3)10(4)6-8(7)2/h4*1-4H3;5-6H,1-4H3. The van der Waals surface area contributed by atoms with E-state index in [2.05, 4.69) is 123 Å². The van der Waals surface area contributed by atoms with Gasteiger partial charge in [0, 0.05) is 30.3 Å². The molecule has 8 aromatic heterocycles. The van der Waals surface area contributed by atoms with Gasteiger partial charge < -0.3 is 8.83 Å². The van der Waals surface area contributed by atoms with Crippen LogP contribution in [0.1, 0.15) is 104 Å². The van der Waals surface area contributed by atoms with E-state index in [0.717, 1.165) is 33.8 Å². The van der Waals surface area contributed by atoms with Crippen molar-refractivity contribution in [1.82, 2.24) is 0 Å². The molecule has 0 saturated heterocycles. The molecule has 9 rings (SSSR count). The topological polar surface area (TPSA) is 26.3 Å². The summed E-state index contributed by atoms with van der Waals surface area (Å²) in [4.78, 5) is 2.94. The van der Waals surface area contributed by atoms with Crippen LogP contribution in [-0.2, 0) is 0 Å². The Kier molecular flexibility index (Phi) is 16.0. The van der Waals surface area contributed by atoms with Crippen LogP contribution >= 0.6 is 22.7 Å². The first kappa shape index (κ1) is 47.8. The van der Waals surface area contributed by atoms with E-state index in [1.807, 2.05) is 57.2 Å². The van der Waals surface area contributed by atoms with E-state index >= 15 is 0 Å². The van der Waals surface area contributed by atoms with E-state index in [1.165, 1.54) is 52.5 Å². The van der Waals surface area contributed by atoms with E-state index in [-0.39, 0.29) is 40.9 Å². The molecule has 0 radical (unpaired) electrons. The molecular weight excluding hydrogens is 1110 g/mol. The Morgan fingerprint density at radius 1 is 0.397 bits per heavy atom.